The van der Waals surface area contributed by atoms with E-state index in [9.17, 15) is 4.79 Å². The Labute approximate surface area is 177 Å². The number of rotatable bonds is 5. The number of nitrogens with one attached hydrogen (secondary N) is 1. The highest BCUT2D eigenvalue weighted by molar-refractivity contribution is 6.03. The number of amides is 1. The molecule has 0 aliphatic carbocycles. The SMILES string of the molecule is COc1ccc(C=CC(=O)Nc2ccc3nc(N4CCCCC4)cc(C)c3c2)cc1. The van der Waals surface area contributed by atoms with Gasteiger partial charge in [-0.3, -0.25) is 4.79 Å². The fraction of sp³-hybridized carbons (Fsp3) is 0.280. The molecule has 0 spiro atoms. The molecule has 3 aromatic rings. The topological polar surface area (TPSA) is 54.5 Å². The molecule has 1 saturated heterocycles. The Hall–Kier alpha value is -3.34. The molecule has 0 bridgehead atoms. The van der Waals surface area contributed by atoms with E-state index in [-0.39, 0.29) is 5.91 Å². The molecule has 5 nitrogen and oxygen atoms in total. The molecule has 1 aliphatic heterocycles. The number of hydrogen-bond donors (Lipinski definition) is 1. The Morgan fingerprint density at radius 2 is 1.83 bits per heavy atom. The van der Waals surface area contributed by atoms with Gasteiger partial charge in [-0.2, -0.15) is 0 Å². The van der Waals surface area contributed by atoms with Crippen molar-refractivity contribution in [2.45, 2.75) is 26.2 Å². The number of aryl methyl sites for hydroxylation is 1. The van der Waals surface area contributed by atoms with Gasteiger partial charge in [0.2, 0.25) is 5.91 Å². The number of carbonyl (C=O) groups excluding carboxylic acids is 1. The van der Waals surface area contributed by atoms with E-state index in [4.69, 9.17) is 9.72 Å². The number of anilines is 2. The molecule has 2 aromatic carbocycles. The maximum atomic E-state index is 12.3. The summed E-state index contributed by atoms with van der Waals surface area (Å²) in [4.78, 5) is 19.6. The van der Waals surface area contributed by atoms with Gasteiger partial charge in [0.05, 0.1) is 12.6 Å². The molecule has 0 unspecified atom stereocenters. The minimum Gasteiger partial charge on any atom is -0.497 e. The molecule has 1 amide bonds. The van der Waals surface area contributed by atoms with E-state index in [0.29, 0.717) is 0 Å². The van der Waals surface area contributed by atoms with Gasteiger partial charge in [-0.15, -0.1) is 0 Å². The number of fused-ring (bicyclic) bond motifs is 1. The quantitative estimate of drug-likeness (QED) is 0.598. The Morgan fingerprint density at radius 1 is 1.07 bits per heavy atom. The van der Waals surface area contributed by atoms with E-state index in [0.717, 1.165) is 46.8 Å². The molecule has 4 rings (SSSR count). The van der Waals surface area contributed by atoms with Gasteiger partial charge in [-0.1, -0.05) is 12.1 Å². The first kappa shape index (κ1) is 20.0. The molecule has 0 radical (unpaired) electrons. The average molecular weight is 402 g/mol. The van der Waals surface area contributed by atoms with Crippen molar-refractivity contribution in [2.75, 3.05) is 30.4 Å². The summed E-state index contributed by atoms with van der Waals surface area (Å²) in [5.41, 5.74) is 3.84. The summed E-state index contributed by atoms with van der Waals surface area (Å²) in [6, 6.07) is 15.6. The van der Waals surface area contributed by atoms with Crippen molar-refractivity contribution in [2.24, 2.45) is 0 Å². The van der Waals surface area contributed by atoms with Crippen LogP contribution in [0.15, 0.2) is 54.6 Å². The third-order valence-corrected chi connectivity index (χ3v) is 5.49. The predicted octanol–water partition coefficient (Wildman–Crippen LogP) is 5.19. The third kappa shape index (κ3) is 4.62. The van der Waals surface area contributed by atoms with Crippen LogP contribution in [0.1, 0.15) is 30.4 Å². The van der Waals surface area contributed by atoms with E-state index in [1.165, 1.54) is 30.9 Å². The lowest BCUT2D eigenvalue weighted by Gasteiger charge is -2.28. The van der Waals surface area contributed by atoms with Crippen molar-refractivity contribution in [1.82, 2.24) is 4.98 Å². The van der Waals surface area contributed by atoms with E-state index < -0.39 is 0 Å². The summed E-state index contributed by atoms with van der Waals surface area (Å²) in [5, 5.41) is 4.01. The molecule has 1 N–H and O–H groups in total. The lowest BCUT2D eigenvalue weighted by molar-refractivity contribution is -0.111. The summed E-state index contributed by atoms with van der Waals surface area (Å²) in [6.07, 6.45) is 7.09. The highest BCUT2D eigenvalue weighted by Crippen LogP contribution is 2.27. The molecule has 30 heavy (non-hydrogen) atoms. The van der Waals surface area contributed by atoms with Gasteiger partial charge >= 0.3 is 0 Å². The summed E-state index contributed by atoms with van der Waals surface area (Å²) in [7, 11) is 1.63. The molecule has 1 aliphatic rings. The molecular weight excluding hydrogens is 374 g/mol. The largest absolute Gasteiger partial charge is 0.497 e. The number of benzene rings is 2. The van der Waals surface area contributed by atoms with Gasteiger partial charge in [0, 0.05) is 30.2 Å². The first-order valence-electron chi connectivity index (χ1n) is 10.4. The normalized spacial score (nSPS) is 14.3. The van der Waals surface area contributed by atoms with Gasteiger partial charge in [0.15, 0.2) is 0 Å². The number of aromatic nitrogens is 1. The van der Waals surface area contributed by atoms with Gasteiger partial charge < -0.3 is 15.0 Å². The highest BCUT2D eigenvalue weighted by atomic mass is 16.5. The van der Waals surface area contributed by atoms with Gasteiger partial charge in [0.1, 0.15) is 11.6 Å². The number of ether oxygens (including phenoxy) is 1. The number of pyridine rings is 1. The van der Waals surface area contributed by atoms with Crippen LogP contribution in [-0.4, -0.2) is 31.1 Å². The first-order valence-corrected chi connectivity index (χ1v) is 10.4. The zero-order chi connectivity index (χ0) is 20.9. The maximum Gasteiger partial charge on any atom is 0.248 e. The van der Waals surface area contributed by atoms with Crippen molar-refractivity contribution in [3.8, 4) is 5.75 Å². The van der Waals surface area contributed by atoms with E-state index in [2.05, 4.69) is 23.2 Å². The lowest BCUT2D eigenvalue weighted by atomic mass is 10.1. The van der Waals surface area contributed by atoms with Crippen LogP contribution in [0, 0.1) is 6.92 Å². The van der Waals surface area contributed by atoms with Gasteiger partial charge in [0.25, 0.3) is 0 Å². The van der Waals surface area contributed by atoms with Crippen molar-refractivity contribution in [3.05, 3.63) is 65.7 Å². The van der Waals surface area contributed by atoms with Gasteiger partial charge in [-0.25, -0.2) is 4.98 Å². The zero-order valence-corrected chi connectivity index (χ0v) is 17.5. The summed E-state index contributed by atoms with van der Waals surface area (Å²) >= 11 is 0. The fourth-order valence-corrected chi connectivity index (χ4v) is 3.81. The van der Waals surface area contributed by atoms with Crippen LogP contribution in [-0.2, 0) is 4.79 Å². The second kappa shape index (κ2) is 8.99. The zero-order valence-electron chi connectivity index (χ0n) is 17.5. The monoisotopic (exact) mass is 401 g/mol. The molecular formula is C25H27N3O2. The summed E-state index contributed by atoms with van der Waals surface area (Å²) in [6.45, 7) is 4.26. The number of carbonyl (C=O) groups is 1. The van der Waals surface area contributed by atoms with Crippen LogP contribution < -0.4 is 15.0 Å². The molecule has 1 fully saturated rings. The van der Waals surface area contributed by atoms with E-state index in [1.54, 1.807) is 13.2 Å². The highest BCUT2D eigenvalue weighted by Gasteiger charge is 2.14. The molecule has 154 valence electrons. The van der Waals surface area contributed by atoms with E-state index >= 15 is 0 Å². The first-order chi connectivity index (χ1) is 14.6. The number of methoxy groups -OCH3 is 1. The standard InChI is InChI=1S/C25H27N3O2/c1-18-16-24(28-14-4-3-5-15-28)27-23-12-9-20(17-22(18)23)26-25(29)13-8-19-6-10-21(30-2)11-7-19/h6-13,16-17H,3-5,14-15H2,1-2H3,(H,26,29). The average Bonchev–Trinajstić information content (AvgIpc) is 2.79. The molecule has 2 heterocycles. The van der Waals surface area contributed by atoms with Crippen molar-refractivity contribution in [3.63, 3.8) is 0 Å². The minimum atomic E-state index is -0.166. The maximum absolute atomic E-state index is 12.3. The number of hydrogen-bond acceptors (Lipinski definition) is 4. The number of nitrogens with zero attached hydrogens (tertiary/aromatic N) is 2. The van der Waals surface area contributed by atoms with Crippen LogP contribution in [0.5, 0.6) is 5.75 Å². The smallest absolute Gasteiger partial charge is 0.248 e. The Kier molecular flexibility index (Phi) is 5.98. The van der Waals surface area contributed by atoms with Crippen molar-refractivity contribution >= 4 is 34.4 Å². The predicted molar refractivity (Wildman–Crippen MR) is 123 cm³/mol. The molecule has 5 heteroatoms. The van der Waals surface area contributed by atoms with Crippen LogP contribution >= 0.6 is 0 Å². The van der Waals surface area contributed by atoms with Crippen molar-refractivity contribution < 1.29 is 9.53 Å². The van der Waals surface area contributed by atoms with Crippen LogP contribution in [0.25, 0.3) is 17.0 Å². The van der Waals surface area contributed by atoms with Crippen LogP contribution in [0.4, 0.5) is 11.5 Å². The summed E-state index contributed by atoms with van der Waals surface area (Å²) in [5.74, 6) is 1.68. The molecule has 0 atom stereocenters. The summed E-state index contributed by atoms with van der Waals surface area (Å²) < 4.78 is 5.15. The van der Waals surface area contributed by atoms with Crippen LogP contribution in [0.3, 0.4) is 0 Å². The third-order valence-electron chi connectivity index (χ3n) is 5.49. The van der Waals surface area contributed by atoms with Crippen molar-refractivity contribution in [1.29, 1.82) is 0 Å². The minimum absolute atomic E-state index is 0.166. The lowest BCUT2D eigenvalue weighted by Crippen LogP contribution is -2.30. The molecule has 1 aromatic heterocycles. The molecule has 0 saturated carbocycles. The Balaban J connectivity index is 1.48. The van der Waals surface area contributed by atoms with Crippen LogP contribution in [0.2, 0.25) is 0 Å². The second-order valence-corrected chi connectivity index (χ2v) is 7.67. The Morgan fingerprint density at radius 3 is 2.57 bits per heavy atom. The second-order valence-electron chi connectivity index (χ2n) is 7.67. The number of piperidine rings is 1. The fourth-order valence-electron chi connectivity index (χ4n) is 3.81. The Bertz CT molecular complexity index is 1070. The van der Waals surface area contributed by atoms with Gasteiger partial charge in [-0.05, 0) is 79.8 Å². The van der Waals surface area contributed by atoms with E-state index in [1.807, 2.05) is 42.5 Å².